The van der Waals surface area contributed by atoms with E-state index >= 15 is 0 Å². The second kappa shape index (κ2) is 7.96. The molecule has 154 valence electrons. The molecule has 7 heteroatoms. The van der Waals surface area contributed by atoms with Gasteiger partial charge in [-0.05, 0) is 42.0 Å². The standard InChI is InChI=1S/C24H19ClN4O2/c25-20-6-3-16(4-7-20)19-5-8-22(26-15-19)28-9-11-29(12-10-28)24(31)18-2-1-17-14-23(30)27-21(17)13-18/h1-8,13-15H,9-12H2. The van der Waals surface area contributed by atoms with Crippen LogP contribution in [0, 0.1) is 0 Å². The third kappa shape index (κ3) is 3.94. The van der Waals surface area contributed by atoms with Crippen molar-refractivity contribution in [1.29, 1.82) is 0 Å². The summed E-state index contributed by atoms with van der Waals surface area (Å²) in [4.78, 5) is 36.9. The zero-order valence-corrected chi connectivity index (χ0v) is 17.4. The first-order valence-corrected chi connectivity index (χ1v) is 10.5. The first-order chi connectivity index (χ1) is 15.1. The quantitative estimate of drug-likeness (QED) is 0.639. The van der Waals surface area contributed by atoms with Crippen molar-refractivity contribution in [3.8, 4) is 11.1 Å². The van der Waals surface area contributed by atoms with E-state index in [9.17, 15) is 9.59 Å². The lowest BCUT2D eigenvalue weighted by atomic mass is 10.1. The number of amides is 2. The summed E-state index contributed by atoms with van der Waals surface area (Å²) in [6.45, 7) is 2.64. The third-order valence-corrected chi connectivity index (χ3v) is 5.86. The molecule has 1 aromatic heterocycles. The molecule has 3 heterocycles. The Labute approximate surface area is 184 Å². The molecule has 0 radical (unpaired) electrons. The molecule has 2 amide bonds. The van der Waals surface area contributed by atoms with Crippen LogP contribution in [0.25, 0.3) is 17.2 Å². The number of fused-ring (bicyclic) bond motifs is 1. The molecule has 0 spiro atoms. The van der Waals surface area contributed by atoms with Gasteiger partial charge < -0.3 is 9.80 Å². The Bertz CT molecular complexity index is 1280. The largest absolute Gasteiger partial charge is 0.353 e. The highest BCUT2D eigenvalue weighted by Crippen LogP contribution is 2.23. The van der Waals surface area contributed by atoms with E-state index in [-0.39, 0.29) is 11.8 Å². The van der Waals surface area contributed by atoms with Gasteiger partial charge in [0.05, 0.1) is 5.36 Å². The van der Waals surface area contributed by atoms with Crippen LogP contribution in [-0.2, 0) is 4.79 Å². The van der Waals surface area contributed by atoms with Crippen LogP contribution in [0.15, 0.2) is 65.8 Å². The highest BCUT2D eigenvalue weighted by Gasteiger charge is 2.23. The number of hydrogen-bond acceptors (Lipinski definition) is 4. The summed E-state index contributed by atoms with van der Waals surface area (Å²) in [6, 6.07) is 17.0. The Balaban J connectivity index is 1.24. The molecule has 2 aliphatic rings. The number of halogens is 1. The maximum absolute atomic E-state index is 12.9. The SMILES string of the molecule is O=C1C=c2ccc(C(=O)N3CCN(c4ccc(-c5ccc(Cl)cc5)cn4)CC3)cc2=N1. The van der Waals surface area contributed by atoms with Crippen LogP contribution in [0.1, 0.15) is 10.4 Å². The topological polar surface area (TPSA) is 65.9 Å². The first-order valence-electron chi connectivity index (χ1n) is 10.1. The average Bonchev–Trinajstić information content (AvgIpc) is 3.18. The minimum atomic E-state index is -0.275. The van der Waals surface area contributed by atoms with Crippen molar-refractivity contribution in [2.45, 2.75) is 0 Å². The van der Waals surface area contributed by atoms with Crippen molar-refractivity contribution in [3.05, 3.63) is 82.0 Å². The fraction of sp³-hybridized carbons (Fsp3) is 0.167. The highest BCUT2D eigenvalue weighted by molar-refractivity contribution is 6.30. The van der Waals surface area contributed by atoms with E-state index in [0.717, 1.165) is 22.2 Å². The third-order valence-electron chi connectivity index (χ3n) is 5.60. The second-order valence-electron chi connectivity index (χ2n) is 7.56. The number of anilines is 1. The number of pyridine rings is 1. The highest BCUT2D eigenvalue weighted by atomic mass is 35.5. The van der Waals surface area contributed by atoms with E-state index in [4.69, 9.17) is 11.6 Å². The Morgan fingerprint density at radius 1 is 0.903 bits per heavy atom. The molecule has 31 heavy (non-hydrogen) atoms. The van der Waals surface area contributed by atoms with Crippen LogP contribution in [0.2, 0.25) is 5.02 Å². The summed E-state index contributed by atoms with van der Waals surface area (Å²) in [5.74, 6) is 0.584. The summed E-state index contributed by atoms with van der Waals surface area (Å²) in [7, 11) is 0. The number of carbonyl (C=O) groups excluding carboxylic acids is 2. The number of piperazine rings is 1. The van der Waals surface area contributed by atoms with Crippen molar-refractivity contribution in [3.63, 3.8) is 0 Å². The molecule has 1 fully saturated rings. The minimum Gasteiger partial charge on any atom is -0.353 e. The van der Waals surface area contributed by atoms with Gasteiger partial charge >= 0.3 is 0 Å². The summed E-state index contributed by atoms with van der Waals surface area (Å²) in [6.07, 6.45) is 3.34. The van der Waals surface area contributed by atoms with Crippen LogP contribution in [0.3, 0.4) is 0 Å². The Morgan fingerprint density at radius 2 is 1.65 bits per heavy atom. The second-order valence-corrected chi connectivity index (χ2v) is 8.00. The normalized spacial score (nSPS) is 15.3. The number of hydrogen-bond donors (Lipinski definition) is 0. The van der Waals surface area contributed by atoms with Gasteiger partial charge in [-0.1, -0.05) is 29.8 Å². The number of nitrogens with zero attached hydrogens (tertiary/aromatic N) is 4. The number of rotatable bonds is 3. The maximum Gasteiger partial charge on any atom is 0.270 e. The predicted molar refractivity (Wildman–Crippen MR) is 119 cm³/mol. The van der Waals surface area contributed by atoms with Gasteiger partial charge in [0.1, 0.15) is 5.82 Å². The van der Waals surface area contributed by atoms with Gasteiger partial charge in [0.25, 0.3) is 11.8 Å². The van der Waals surface area contributed by atoms with Gasteiger partial charge in [-0.2, -0.15) is 0 Å². The summed E-state index contributed by atoms with van der Waals surface area (Å²) in [5.41, 5.74) is 2.66. The summed E-state index contributed by atoms with van der Waals surface area (Å²) in [5, 5.41) is 2.04. The molecular formula is C24H19ClN4O2. The van der Waals surface area contributed by atoms with Gasteiger partial charge in [-0.15, -0.1) is 0 Å². The monoisotopic (exact) mass is 430 g/mol. The first kappa shape index (κ1) is 19.5. The van der Waals surface area contributed by atoms with E-state index in [1.807, 2.05) is 41.4 Å². The van der Waals surface area contributed by atoms with Crippen molar-refractivity contribution in [2.24, 2.45) is 4.99 Å². The predicted octanol–water partition coefficient (Wildman–Crippen LogP) is 2.30. The molecule has 2 aromatic carbocycles. The lowest BCUT2D eigenvalue weighted by molar-refractivity contribution is -0.112. The van der Waals surface area contributed by atoms with Crippen LogP contribution < -0.4 is 15.5 Å². The van der Waals surface area contributed by atoms with Gasteiger partial charge in [-0.25, -0.2) is 9.98 Å². The lowest BCUT2D eigenvalue weighted by Crippen LogP contribution is -2.49. The Kier molecular flexibility index (Phi) is 5.00. The van der Waals surface area contributed by atoms with Crippen molar-refractivity contribution in [1.82, 2.24) is 9.88 Å². The number of benzene rings is 2. The zero-order valence-electron chi connectivity index (χ0n) is 16.7. The van der Waals surface area contributed by atoms with Crippen molar-refractivity contribution in [2.75, 3.05) is 31.1 Å². The van der Waals surface area contributed by atoms with Crippen molar-refractivity contribution >= 4 is 35.3 Å². The molecule has 2 aliphatic heterocycles. The molecule has 0 N–H and O–H groups in total. The fourth-order valence-electron chi connectivity index (χ4n) is 3.89. The van der Waals surface area contributed by atoms with Gasteiger partial charge in [-0.3, -0.25) is 9.59 Å². The van der Waals surface area contributed by atoms with E-state index in [2.05, 4.69) is 20.9 Å². The van der Waals surface area contributed by atoms with E-state index < -0.39 is 0 Å². The van der Waals surface area contributed by atoms with Crippen molar-refractivity contribution < 1.29 is 9.59 Å². The molecule has 0 saturated carbocycles. The van der Waals surface area contributed by atoms with E-state index in [1.165, 1.54) is 6.08 Å². The summed E-state index contributed by atoms with van der Waals surface area (Å²) < 4.78 is 0. The Morgan fingerprint density at radius 3 is 2.35 bits per heavy atom. The maximum atomic E-state index is 12.9. The Hall–Kier alpha value is -3.51. The molecule has 3 aromatic rings. The van der Waals surface area contributed by atoms with E-state index in [0.29, 0.717) is 42.1 Å². The van der Waals surface area contributed by atoms with Gasteiger partial charge in [0.15, 0.2) is 0 Å². The molecule has 0 aliphatic carbocycles. The number of carbonyl (C=O) groups is 2. The van der Waals surface area contributed by atoms with Crippen LogP contribution in [-0.4, -0.2) is 47.9 Å². The van der Waals surface area contributed by atoms with Gasteiger partial charge in [0, 0.05) is 59.8 Å². The smallest absolute Gasteiger partial charge is 0.270 e. The molecule has 1 saturated heterocycles. The molecule has 0 unspecified atom stereocenters. The molecule has 0 bridgehead atoms. The lowest BCUT2D eigenvalue weighted by Gasteiger charge is -2.35. The molecular weight excluding hydrogens is 412 g/mol. The van der Waals surface area contributed by atoms with Gasteiger partial charge in [0.2, 0.25) is 0 Å². The number of aromatic nitrogens is 1. The van der Waals surface area contributed by atoms with Crippen LogP contribution in [0.5, 0.6) is 0 Å². The molecule has 5 rings (SSSR count). The zero-order chi connectivity index (χ0) is 21.4. The average molecular weight is 431 g/mol. The molecule has 6 nitrogen and oxygen atoms in total. The van der Waals surface area contributed by atoms with E-state index in [1.54, 1.807) is 18.2 Å². The minimum absolute atomic E-state index is 0.0388. The van der Waals surface area contributed by atoms with Crippen LogP contribution >= 0.6 is 11.6 Å². The summed E-state index contributed by atoms with van der Waals surface area (Å²) >= 11 is 5.96. The fourth-order valence-corrected chi connectivity index (χ4v) is 4.01. The van der Waals surface area contributed by atoms with Crippen LogP contribution in [0.4, 0.5) is 5.82 Å². The molecule has 0 atom stereocenters.